The molecule has 1 atom stereocenters. The lowest BCUT2D eigenvalue weighted by atomic mass is 10.1. The second-order valence-corrected chi connectivity index (χ2v) is 8.49. The van der Waals surface area contributed by atoms with Gasteiger partial charge in [-0.1, -0.05) is 41.9 Å². The smallest absolute Gasteiger partial charge is 0.289 e. The first-order valence-electron chi connectivity index (χ1n) is 8.68. The van der Waals surface area contributed by atoms with Gasteiger partial charge in [-0.25, -0.2) is 13.1 Å². The number of morpholine rings is 1. The van der Waals surface area contributed by atoms with E-state index in [1.165, 1.54) is 12.1 Å². The molecule has 0 radical (unpaired) electrons. The molecule has 2 aromatic carbocycles. The van der Waals surface area contributed by atoms with Crippen LogP contribution < -0.4 is 4.72 Å². The summed E-state index contributed by atoms with van der Waals surface area (Å²) in [5.74, 6) is 0. The van der Waals surface area contributed by atoms with Crippen LogP contribution in [0, 0.1) is 10.1 Å². The number of hydrogen-bond acceptors (Lipinski definition) is 6. The van der Waals surface area contributed by atoms with Crippen molar-refractivity contribution in [2.24, 2.45) is 0 Å². The zero-order valence-corrected chi connectivity index (χ0v) is 16.5. The van der Waals surface area contributed by atoms with E-state index < -0.39 is 26.7 Å². The van der Waals surface area contributed by atoms with Crippen LogP contribution in [-0.4, -0.2) is 51.1 Å². The Labute approximate surface area is 168 Å². The number of rotatable bonds is 7. The maximum absolute atomic E-state index is 12.9. The second kappa shape index (κ2) is 8.97. The van der Waals surface area contributed by atoms with Crippen LogP contribution in [0.15, 0.2) is 53.4 Å². The van der Waals surface area contributed by atoms with Gasteiger partial charge in [0, 0.05) is 25.7 Å². The van der Waals surface area contributed by atoms with Crippen molar-refractivity contribution in [2.45, 2.75) is 10.9 Å². The van der Waals surface area contributed by atoms with Crippen molar-refractivity contribution in [3.63, 3.8) is 0 Å². The van der Waals surface area contributed by atoms with Crippen molar-refractivity contribution >= 4 is 27.3 Å². The Morgan fingerprint density at radius 2 is 1.86 bits per heavy atom. The minimum atomic E-state index is -4.00. The van der Waals surface area contributed by atoms with E-state index in [9.17, 15) is 18.5 Å². The molecule has 0 aromatic heterocycles. The molecule has 1 heterocycles. The molecule has 0 saturated carbocycles. The number of nitro benzene ring substituents is 1. The van der Waals surface area contributed by atoms with E-state index in [1.54, 1.807) is 0 Å². The molecule has 3 rings (SSSR count). The van der Waals surface area contributed by atoms with Crippen LogP contribution in [0.4, 0.5) is 5.69 Å². The zero-order chi connectivity index (χ0) is 20.1. The fourth-order valence-corrected chi connectivity index (χ4v) is 4.41. The highest BCUT2D eigenvalue weighted by atomic mass is 35.5. The maximum atomic E-state index is 12.9. The fraction of sp³-hybridized carbons (Fsp3) is 0.333. The molecule has 2 aromatic rings. The Hall–Kier alpha value is -2.04. The van der Waals surface area contributed by atoms with E-state index >= 15 is 0 Å². The summed E-state index contributed by atoms with van der Waals surface area (Å²) in [5, 5.41) is 11.0. The lowest BCUT2D eigenvalue weighted by Crippen LogP contribution is -2.43. The predicted octanol–water partition coefficient (Wildman–Crippen LogP) is 2.60. The summed E-state index contributed by atoms with van der Waals surface area (Å²) in [6.45, 7) is 3.06. The summed E-state index contributed by atoms with van der Waals surface area (Å²) < 4.78 is 33.9. The Morgan fingerprint density at radius 3 is 2.50 bits per heavy atom. The minimum absolute atomic E-state index is 0.114. The van der Waals surface area contributed by atoms with Crippen LogP contribution in [0.25, 0.3) is 0 Å². The maximum Gasteiger partial charge on any atom is 0.289 e. The molecule has 10 heteroatoms. The van der Waals surface area contributed by atoms with Gasteiger partial charge in [-0.2, -0.15) is 0 Å². The molecule has 28 heavy (non-hydrogen) atoms. The van der Waals surface area contributed by atoms with Gasteiger partial charge in [0.15, 0.2) is 0 Å². The van der Waals surface area contributed by atoms with Gasteiger partial charge < -0.3 is 4.74 Å². The Kier molecular flexibility index (Phi) is 6.63. The van der Waals surface area contributed by atoms with Gasteiger partial charge in [0.2, 0.25) is 10.0 Å². The van der Waals surface area contributed by atoms with E-state index in [-0.39, 0.29) is 9.92 Å². The zero-order valence-electron chi connectivity index (χ0n) is 15.0. The quantitative estimate of drug-likeness (QED) is 0.540. The molecule has 0 spiro atoms. The molecule has 1 aliphatic rings. The van der Waals surface area contributed by atoms with E-state index in [0.717, 1.165) is 11.6 Å². The number of nitrogens with one attached hydrogen (secondary N) is 1. The Morgan fingerprint density at radius 1 is 1.18 bits per heavy atom. The Balaban J connectivity index is 1.88. The molecule has 1 saturated heterocycles. The first-order valence-corrected chi connectivity index (χ1v) is 10.5. The molecule has 0 unspecified atom stereocenters. The average Bonchev–Trinajstić information content (AvgIpc) is 2.69. The summed E-state index contributed by atoms with van der Waals surface area (Å²) in [6, 6.07) is 12.1. The summed E-state index contributed by atoms with van der Waals surface area (Å²) in [5.41, 5.74) is 0.356. The van der Waals surface area contributed by atoms with Crippen LogP contribution >= 0.6 is 11.6 Å². The molecule has 1 aliphatic heterocycles. The molecule has 1 fully saturated rings. The molecular formula is C18H20ClN3O5S. The molecule has 0 aliphatic carbocycles. The van der Waals surface area contributed by atoms with Gasteiger partial charge in [0.25, 0.3) is 5.69 Å². The minimum Gasteiger partial charge on any atom is -0.379 e. The summed E-state index contributed by atoms with van der Waals surface area (Å²) in [6.07, 6.45) is 0. The van der Waals surface area contributed by atoms with Crippen molar-refractivity contribution in [3.05, 3.63) is 69.2 Å². The topological polar surface area (TPSA) is 102 Å². The summed E-state index contributed by atoms with van der Waals surface area (Å²) in [7, 11) is -4.00. The normalized spacial score (nSPS) is 16.6. The van der Waals surface area contributed by atoms with E-state index in [4.69, 9.17) is 16.3 Å². The van der Waals surface area contributed by atoms with Crippen LogP contribution in [0.3, 0.4) is 0 Å². The SMILES string of the molecule is O=[N+]([O-])c1cc(S(=O)(=O)N[C@H](CN2CCOCC2)c2ccccc2)ccc1Cl. The number of benzene rings is 2. The third-order valence-electron chi connectivity index (χ3n) is 4.47. The number of halogens is 1. The first kappa shape index (κ1) is 20.7. The average molecular weight is 426 g/mol. The number of hydrogen-bond donors (Lipinski definition) is 1. The second-order valence-electron chi connectivity index (χ2n) is 6.37. The Bertz CT molecular complexity index is 933. The summed E-state index contributed by atoms with van der Waals surface area (Å²) >= 11 is 5.80. The van der Waals surface area contributed by atoms with Gasteiger partial charge in [0.05, 0.1) is 29.1 Å². The third-order valence-corrected chi connectivity index (χ3v) is 6.26. The van der Waals surface area contributed by atoms with Gasteiger partial charge in [-0.05, 0) is 17.7 Å². The van der Waals surface area contributed by atoms with Gasteiger partial charge in [-0.15, -0.1) is 0 Å². The largest absolute Gasteiger partial charge is 0.379 e. The number of nitro groups is 1. The van der Waals surface area contributed by atoms with Gasteiger partial charge in [0.1, 0.15) is 5.02 Å². The van der Waals surface area contributed by atoms with Gasteiger partial charge >= 0.3 is 0 Å². The number of ether oxygens (including phenoxy) is 1. The van der Waals surface area contributed by atoms with Crippen molar-refractivity contribution in [1.82, 2.24) is 9.62 Å². The van der Waals surface area contributed by atoms with Gasteiger partial charge in [-0.3, -0.25) is 15.0 Å². The summed E-state index contributed by atoms with van der Waals surface area (Å²) in [4.78, 5) is 12.3. The highest BCUT2D eigenvalue weighted by Gasteiger charge is 2.26. The first-order chi connectivity index (χ1) is 13.4. The van der Waals surface area contributed by atoms with Crippen LogP contribution in [0.5, 0.6) is 0 Å². The lowest BCUT2D eigenvalue weighted by molar-refractivity contribution is -0.384. The van der Waals surface area contributed by atoms with Crippen LogP contribution in [0.2, 0.25) is 5.02 Å². The van der Waals surface area contributed by atoms with Crippen molar-refractivity contribution in [2.75, 3.05) is 32.8 Å². The van der Waals surface area contributed by atoms with Crippen LogP contribution in [-0.2, 0) is 14.8 Å². The molecule has 8 nitrogen and oxygen atoms in total. The van der Waals surface area contributed by atoms with E-state index in [0.29, 0.717) is 32.8 Å². The predicted molar refractivity (Wildman–Crippen MR) is 105 cm³/mol. The third kappa shape index (κ3) is 5.06. The number of nitrogens with zero attached hydrogens (tertiary/aromatic N) is 2. The molecule has 0 bridgehead atoms. The van der Waals surface area contributed by atoms with Crippen molar-refractivity contribution < 1.29 is 18.1 Å². The monoisotopic (exact) mass is 425 g/mol. The number of sulfonamides is 1. The fourth-order valence-electron chi connectivity index (χ4n) is 2.99. The molecule has 150 valence electrons. The van der Waals surface area contributed by atoms with Crippen molar-refractivity contribution in [3.8, 4) is 0 Å². The highest BCUT2D eigenvalue weighted by molar-refractivity contribution is 7.89. The standard InChI is InChI=1S/C18H20ClN3O5S/c19-16-7-6-15(12-18(16)22(23)24)28(25,26)20-17(14-4-2-1-3-5-14)13-21-8-10-27-11-9-21/h1-7,12,17,20H,8-11,13H2/t17-/m1/s1. The van der Waals surface area contributed by atoms with E-state index in [1.807, 2.05) is 30.3 Å². The van der Waals surface area contributed by atoms with Crippen LogP contribution in [0.1, 0.15) is 11.6 Å². The molecule has 0 amide bonds. The lowest BCUT2D eigenvalue weighted by Gasteiger charge is -2.31. The molecule has 1 N–H and O–H groups in total. The van der Waals surface area contributed by atoms with Crippen molar-refractivity contribution in [1.29, 1.82) is 0 Å². The highest BCUT2D eigenvalue weighted by Crippen LogP contribution is 2.28. The molecular weight excluding hydrogens is 406 g/mol. The van der Waals surface area contributed by atoms with E-state index in [2.05, 4.69) is 9.62 Å².